The van der Waals surface area contributed by atoms with Gasteiger partial charge in [0.15, 0.2) is 23.7 Å². The van der Waals surface area contributed by atoms with Gasteiger partial charge in [-0.25, -0.2) is 13.2 Å². The summed E-state index contributed by atoms with van der Waals surface area (Å²) in [5.41, 5.74) is 0.531. The average Bonchev–Trinajstić information content (AvgIpc) is 2.54. The van der Waals surface area contributed by atoms with Crippen LogP contribution in [0.25, 0.3) is 0 Å². The van der Waals surface area contributed by atoms with Crippen LogP contribution in [0, 0.1) is 35.2 Å². The summed E-state index contributed by atoms with van der Waals surface area (Å²) >= 11 is 0. The van der Waals surface area contributed by atoms with Gasteiger partial charge >= 0.3 is 0 Å². The maximum absolute atomic E-state index is 13.3. The van der Waals surface area contributed by atoms with Crippen molar-refractivity contribution in [3.8, 4) is 0 Å². The van der Waals surface area contributed by atoms with Crippen LogP contribution in [0.3, 0.4) is 0 Å². The predicted octanol–water partition coefficient (Wildman–Crippen LogP) is 4.46. The molecule has 23 heavy (non-hydrogen) atoms. The second-order valence-corrected chi connectivity index (χ2v) is 7.00. The van der Waals surface area contributed by atoms with E-state index in [1.807, 2.05) is 0 Å². The lowest BCUT2D eigenvalue weighted by atomic mass is 9.79. The molecule has 1 aromatic rings. The summed E-state index contributed by atoms with van der Waals surface area (Å²) in [6.45, 7) is 3.60. The SMILES string of the molecule is CC1COC(C2CCC(Cc3cc(F)c(F)c(F)c3)CC2)OC1. The van der Waals surface area contributed by atoms with E-state index in [-0.39, 0.29) is 6.29 Å². The molecule has 0 radical (unpaired) electrons. The van der Waals surface area contributed by atoms with Gasteiger partial charge < -0.3 is 9.47 Å². The van der Waals surface area contributed by atoms with Gasteiger partial charge in [0.2, 0.25) is 0 Å². The van der Waals surface area contributed by atoms with Gasteiger partial charge in [-0.1, -0.05) is 6.92 Å². The van der Waals surface area contributed by atoms with Crippen molar-refractivity contribution in [1.82, 2.24) is 0 Å². The summed E-state index contributed by atoms with van der Waals surface area (Å²) in [6, 6.07) is 2.22. The molecule has 0 amide bonds. The molecule has 2 aliphatic rings. The summed E-state index contributed by atoms with van der Waals surface area (Å²) in [6.07, 6.45) is 4.43. The highest BCUT2D eigenvalue weighted by atomic mass is 19.2. The van der Waals surface area contributed by atoms with E-state index in [1.165, 1.54) is 0 Å². The molecule has 1 saturated carbocycles. The van der Waals surface area contributed by atoms with E-state index in [9.17, 15) is 13.2 Å². The lowest BCUT2D eigenvalue weighted by molar-refractivity contribution is -0.226. The van der Waals surface area contributed by atoms with Crippen LogP contribution >= 0.6 is 0 Å². The zero-order valence-electron chi connectivity index (χ0n) is 13.4. The highest BCUT2D eigenvalue weighted by molar-refractivity contribution is 5.20. The average molecular weight is 328 g/mol. The maximum Gasteiger partial charge on any atom is 0.194 e. The molecule has 2 nitrogen and oxygen atoms in total. The van der Waals surface area contributed by atoms with Crippen molar-refractivity contribution in [2.24, 2.45) is 17.8 Å². The third-order valence-electron chi connectivity index (χ3n) is 4.93. The first-order valence-corrected chi connectivity index (χ1v) is 8.39. The van der Waals surface area contributed by atoms with Crippen LogP contribution in [0.15, 0.2) is 12.1 Å². The van der Waals surface area contributed by atoms with Gasteiger partial charge in [-0.05, 0) is 55.7 Å². The van der Waals surface area contributed by atoms with Crippen molar-refractivity contribution in [3.63, 3.8) is 0 Å². The Morgan fingerprint density at radius 1 is 0.957 bits per heavy atom. The molecule has 2 fully saturated rings. The number of halogens is 3. The third kappa shape index (κ3) is 4.07. The molecule has 1 saturated heterocycles. The van der Waals surface area contributed by atoms with Crippen molar-refractivity contribution in [2.75, 3.05) is 13.2 Å². The second-order valence-electron chi connectivity index (χ2n) is 7.00. The molecule has 1 aromatic carbocycles. The minimum absolute atomic E-state index is 0.104. The lowest BCUT2D eigenvalue weighted by Gasteiger charge is -2.37. The molecule has 5 heteroatoms. The van der Waals surface area contributed by atoms with E-state index >= 15 is 0 Å². The van der Waals surface area contributed by atoms with E-state index in [0.29, 0.717) is 29.7 Å². The summed E-state index contributed by atoms with van der Waals surface area (Å²) in [5.74, 6) is -2.37. The van der Waals surface area contributed by atoms with Crippen LogP contribution in [-0.2, 0) is 15.9 Å². The third-order valence-corrected chi connectivity index (χ3v) is 4.93. The summed E-state index contributed by atoms with van der Waals surface area (Å²) < 4.78 is 51.1. The van der Waals surface area contributed by atoms with Crippen LogP contribution in [0.5, 0.6) is 0 Å². The second kappa shape index (κ2) is 7.22. The number of ether oxygens (including phenoxy) is 2. The zero-order valence-corrected chi connectivity index (χ0v) is 13.4. The molecule has 3 rings (SSSR count). The Bertz CT molecular complexity index is 510. The monoisotopic (exact) mass is 328 g/mol. The molecule has 128 valence electrons. The van der Waals surface area contributed by atoms with Gasteiger partial charge in [0.1, 0.15) is 0 Å². The van der Waals surface area contributed by atoms with Crippen molar-refractivity contribution in [3.05, 3.63) is 35.1 Å². The van der Waals surface area contributed by atoms with Crippen molar-refractivity contribution in [2.45, 2.75) is 45.3 Å². The summed E-state index contributed by atoms with van der Waals surface area (Å²) in [5, 5.41) is 0. The molecule has 1 aliphatic heterocycles. The van der Waals surface area contributed by atoms with Gasteiger partial charge in [0.05, 0.1) is 13.2 Å². The number of rotatable bonds is 3. The van der Waals surface area contributed by atoms with E-state index in [4.69, 9.17) is 9.47 Å². The smallest absolute Gasteiger partial charge is 0.194 e. The topological polar surface area (TPSA) is 18.5 Å². The van der Waals surface area contributed by atoms with Gasteiger partial charge in [-0.2, -0.15) is 0 Å². The fraction of sp³-hybridized carbons (Fsp3) is 0.667. The van der Waals surface area contributed by atoms with Crippen LogP contribution in [0.2, 0.25) is 0 Å². The molecule has 0 atom stereocenters. The first-order valence-electron chi connectivity index (χ1n) is 8.39. The predicted molar refractivity (Wildman–Crippen MR) is 80.3 cm³/mol. The van der Waals surface area contributed by atoms with E-state index in [2.05, 4.69) is 6.92 Å². The van der Waals surface area contributed by atoms with Crippen LogP contribution in [0.1, 0.15) is 38.2 Å². The zero-order chi connectivity index (χ0) is 16.4. The summed E-state index contributed by atoms with van der Waals surface area (Å²) in [7, 11) is 0. The Morgan fingerprint density at radius 3 is 2.09 bits per heavy atom. The first-order chi connectivity index (χ1) is 11.0. The van der Waals surface area contributed by atoms with Gasteiger partial charge in [-0.3, -0.25) is 0 Å². The number of hydrogen-bond acceptors (Lipinski definition) is 2. The van der Waals surface area contributed by atoms with Gasteiger partial charge in [0, 0.05) is 11.8 Å². The van der Waals surface area contributed by atoms with Gasteiger partial charge in [0.25, 0.3) is 0 Å². The molecule has 0 N–H and O–H groups in total. The van der Waals surface area contributed by atoms with E-state index < -0.39 is 17.5 Å². The minimum Gasteiger partial charge on any atom is -0.352 e. The van der Waals surface area contributed by atoms with Crippen molar-refractivity contribution < 1.29 is 22.6 Å². The number of benzene rings is 1. The molecule has 1 aliphatic carbocycles. The maximum atomic E-state index is 13.3. The Labute approximate surface area is 135 Å². The summed E-state index contributed by atoms with van der Waals surface area (Å²) in [4.78, 5) is 0. The highest BCUT2D eigenvalue weighted by Gasteiger charge is 2.31. The van der Waals surface area contributed by atoms with E-state index in [1.54, 1.807) is 0 Å². The largest absolute Gasteiger partial charge is 0.352 e. The Kier molecular flexibility index (Phi) is 5.27. The van der Waals surface area contributed by atoms with E-state index in [0.717, 1.165) is 51.0 Å². The fourth-order valence-electron chi connectivity index (χ4n) is 3.61. The van der Waals surface area contributed by atoms with Crippen molar-refractivity contribution >= 4 is 0 Å². The molecule has 0 unspecified atom stereocenters. The normalized spacial score (nSPS) is 32.0. The highest BCUT2D eigenvalue weighted by Crippen LogP contribution is 2.35. The molecular weight excluding hydrogens is 305 g/mol. The van der Waals surface area contributed by atoms with Gasteiger partial charge in [-0.15, -0.1) is 0 Å². The minimum atomic E-state index is -1.39. The fourth-order valence-corrected chi connectivity index (χ4v) is 3.61. The Morgan fingerprint density at radius 2 is 1.52 bits per heavy atom. The Balaban J connectivity index is 1.51. The van der Waals surface area contributed by atoms with Crippen LogP contribution in [-0.4, -0.2) is 19.5 Å². The first kappa shape index (κ1) is 16.8. The molecule has 0 aromatic heterocycles. The molecule has 0 spiro atoms. The lowest BCUT2D eigenvalue weighted by Crippen LogP contribution is -2.37. The van der Waals surface area contributed by atoms with Crippen LogP contribution in [0.4, 0.5) is 13.2 Å². The number of hydrogen-bond donors (Lipinski definition) is 0. The Hall–Kier alpha value is -1.07. The quantitative estimate of drug-likeness (QED) is 0.763. The molecular formula is C18H23F3O2. The van der Waals surface area contributed by atoms with Crippen LogP contribution < -0.4 is 0 Å². The molecule has 0 bridgehead atoms. The molecule has 1 heterocycles. The standard InChI is InChI=1S/C18H23F3O2/c1-11-9-22-18(23-10-11)14-4-2-12(3-5-14)6-13-7-15(19)17(21)16(20)8-13/h7-8,11-12,14,18H,2-6,9-10H2,1H3. The van der Waals surface area contributed by atoms with Crippen molar-refractivity contribution in [1.29, 1.82) is 0 Å².